The van der Waals surface area contributed by atoms with Gasteiger partial charge in [0, 0.05) is 16.5 Å². The van der Waals surface area contributed by atoms with E-state index in [1.54, 1.807) is 0 Å². The molecule has 4 atom stereocenters. The van der Waals surface area contributed by atoms with Crippen LogP contribution in [0.5, 0.6) is 0 Å². The summed E-state index contributed by atoms with van der Waals surface area (Å²) in [4.78, 5) is 13.6. The monoisotopic (exact) mass is 485 g/mol. The molecule has 4 nitrogen and oxygen atoms in total. The standard InChI is InChI=1S/C29H28FN3OS/c1-18(32-33-29(34)19(2)35-23-7-4-3-5-8-23)21-13-16-27-26(17-21)24-9-6-10-25(24)28(31-27)20-11-14-22(30)15-12-20/h3-9,11-17,19,24-25,28,31H,10H2,1-2H3,(H,33,34)/b32-18-/t19-,24+,25-,28-/m0/s1. The van der Waals surface area contributed by atoms with E-state index >= 15 is 0 Å². The van der Waals surface area contributed by atoms with Crippen LogP contribution in [-0.4, -0.2) is 16.9 Å². The van der Waals surface area contributed by atoms with Crippen molar-refractivity contribution < 1.29 is 9.18 Å². The van der Waals surface area contributed by atoms with Crippen molar-refractivity contribution in [1.82, 2.24) is 5.43 Å². The number of rotatable bonds is 6. The highest BCUT2D eigenvalue weighted by atomic mass is 32.2. The Kier molecular flexibility index (Phi) is 6.73. The number of anilines is 1. The number of nitrogens with one attached hydrogen (secondary N) is 2. The van der Waals surface area contributed by atoms with E-state index in [0.29, 0.717) is 5.92 Å². The summed E-state index contributed by atoms with van der Waals surface area (Å²) in [5, 5.41) is 7.82. The molecule has 0 bridgehead atoms. The first-order valence-electron chi connectivity index (χ1n) is 11.9. The van der Waals surface area contributed by atoms with E-state index in [0.717, 1.165) is 33.8 Å². The lowest BCUT2D eigenvalue weighted by atomic mass is 9.76. The number of nitrogens with zero attached hydrogens (tertiary/aromatic N) is 1. The van der Waals surface area contributed by atoms with E-state index in [4.69, 9.17) is 0 Å². The third-order valence-electron chi connectivity index (χ3n) is 6.77. The Bertz CT molecular complexity index is 1270. The number of carbonyl (C=O) groups excluding carboxylic acids is 1. The molecule has 5 rings (SSSR count). The van der Waals surface area contributed by atoms with Crippen molar-refractivity contribution in [3.8, 4) is 0 Å². The first kappa shape index (κ1) is 23.4. The number of halogens is 1. The third kappa shape index (κ3) is 5.03. The van der Waals surface area contributed by atoms with Crippen LogP contribution in [-0.2, 0) is 4.79 Å². The number of amides is 1. The second-order valence-electron chi connectivity index (χ2n) is 9.08. The fourth-order valence-corrected chi connectivity index (χ4v) is 5.75. The molecular formula is C29H28FN3OS. The van der Waals surface area contributed by atoms with Gasteiger partial charge in [-0.15, -0.1) is 11.8 Å². The third-order valence-corrected chi connectivity index (χ3v) is 7.88. The van der Waals surface area contributed by atoms with Crippen LogP contribution in [0.4, 0.5) is 10.1 Å². The number of thioether (sulfide) groups is 1. The largest absolute Gasteiger partial charge is 0.378 e. The Balaban J connectivity index is 1.31. The molecule has 2 aliphatic rings. The number of fused-ring (bicyclic) bond motifs is 3. The topological polar surface area (TPSA) is 53.5 Å². The zero-order valence-corrected chi connectivity index (χ0v) is 20.6. The highest BCUT2D eigenvalue weighted by molar-refractivity contribution is 8.00. The molecule has 0 saturated heterocycles. The van der Waals surface area contributed by atoms with Crippen molar-refractivity contribution >= 4 is 29.1 Å². The van der Waals surface area contributed by atoms with E-state index in [1.165, 1.54) is 29.5 Å². The molecule has 0 spiro atoms. The molecule has 0 saturated carbocycles. The van der Waals surface area contributed by atoms with Crippen LogP contribution in [0.3, 0.4) is 0 Å². The molecular weight excluding hydrogens is 457 g/mol. The summed E-state index contributed by atoms with van der Waals surface area (Å²) in [6, 6.07) is 23.1. The van der Waals surface area contributed by atoms with Gasteiger partial charge < -0.3 is 5.32 Å². The maximum absolute atomic E-state index is 13.5. The number of benzene rings is 3. The Morgan fingerprint density at radius 3 is 2.66 bits per heavy atom. The van der Waals surface area contributed by atoms with E-state index in [1.807, 2.05) is 62.4 Å². The zero-order valence-electron chi connectivity index (χ0n) is 19.7. The van der Waals surface area contributed by atoms with Gasteiger partial charge in [-0.2, -0.15) is 5.10 Å². The normalized spacial score (nSPS) is 21.6. The van der Waals surface area contributed by atoms with Crippen molar-refractivity contribution in [2.75, 3.05) is 5.32 Å². The molecule has 35 heavy (non-hydrogen) atoms. The molecule has 6 heteroatoms. The molecule has 178 valence electrons. The average Bonchev–Trinajstić information content (AvgIpc) is 3.38. The van der Waals surface area contributed by atoms with Crippen molar-refractivity contribution in [3.05, 3.63) is 107 Å². The molecule has 0 unspecified atom stereocenters. The number of hydrazone groups is 1. The van der Waals surface area contributed by atoms with Gasteiger partial charge in [0.05, 0.1) is 17.0 Å². The lowest BCUT2D eigenvalue weighted by Crippen LogP contribution is -2.29. The lowest BCUT2D eigenvalue weighted by molar-refractivity contribution is -0.120. The van der Waals surface area contributed by atoms with Gasteiger partial charge in [-0.25, -0.2) is 9.82 Å². The van der Waals surface area contributed by atoms with Crippen LogP contribution in [0, 0.1) is 11.7 Å². The van der Waals surface area contributed by atoms with Crippen molar-refractivity contribution in [1.29, 1.82) is 0 Å². The summed E-state index contributed by atoms with van der Waals surface area (Å²) in [5.41, 5.74) is 7.88. The van der Waals surface area contributed by atoms with E-state index < -0.39 is 0 Å². The second-order valence-corrected chi connectivity index (χ2v) is 10.5. The van der Waals surface area contributed by atoms with E-state index in [-0.39, 0.29) is 28.9 Å². The minimum Gasteiger partial charge on any atom is -0.378 e. The number of hydrogen-bond donors (Lipinski definition) is 2. The van der Waals surface area contributed by atoms with Crippen LogP contribution in [0.2, 0.25) is 0 Å². The van der Waals surface area contributed by atoms with E-state index in [2.05, 4.69) is 40.1 Å². The maximum atomic E-state index is 13.5. The fraction of sp³-hybridized carbons (Fsp3) is 0.241. The summed E-state index contributed by atoms with van der Waals surface area (Å²) in [5.74, 6) is 0.311. The number of carbonyl (C=O) groups is 1. The summed E-state index contributed by atoms with van der Waals surface area (Å²) in [6.07, 6.45) is 5.49. The number of allylic oxidation sites excluding steroid dienone is 2. The van der Waals surface area contributed by atoms with Gasteiger partial charge in [-0.3, -0.25) is 4.79 Å². The summed E-state index contributed by atoms with van der Waals surface area (Å²) < 4.78 is 13.5. The Labute approximate surface area is 209 Å². The van der Waals surface area contributed by atoms with Crippen LogP contribution in [0.1, 0.15) is 48.9 Å². The highest BCUT2D eigenvalue weighted by Gasteiger charge is 2.38. The van der Waals surface area contributed by atoms with E-state index in [9.17, 15) is 9.18 Å². The van der Waals surface area contributed by atoms with Gasteiger partial charge in [0.15, 0.2) is 0 Å². The van der Waals surface area contributed by atoms with Gasteiger partial charge >= 0.3 is 0 Å². The zero-order chi connectivity index (χ0) is 24.4. The van der Waals surface area contributed by atoms with Crippen molar-refractivity contribution in [3.63, 3.8) is 0 Å². The highest BCUT2D eigenvalue weighted by Crippen LogP contribution is 2.49. The molecule has 2 N–H and O–H groups in total. The van der Waals surface area contributed by atoms with Crippen LogP contribution in [0.15, 0.2) is 94.9 Å². The molecule has 0 aromatic heterocycles. The molecule has 1 aliphatic carbocycles. The van der Waals surface area contributed by atoms with Gasteiger partial charge in [-0.05, 0) is 79.3 Å². The molecule has 3 aromatic rings. The van der Waals surface area contributed by atoms with Crippen molar-refractivity contribution in [2.45, 2.75) is 42.4 Å². The predicted octanol–water partition coefficient (Wildman–Crippen LogP) is 6.67. The van der Waals surface area contributed by atoms with Crippen LogP contribution in [0.25, 0.3) is 0 Å². The predicted molar refractivity (Wildman–Crippen MR) is 141 cm³/mol. The van der Waals surface area contributed by atoms with Gasteiger partial charge in [0.1, 0.15) is 5.82 Å². The van der Waals surface area contributed by atoms with Crippen molar-refractivity contribution in [2.24, 2.45) is 11.0 Å². The molecule has 0 radical (unpaired) electrons. The molecule has 0 fully saturated rings. The van der Waals surface area contributed by atoms with Gasteiger partial charge in [-0.1, -0.05) is 48.6 Å². The first-order valence-corrected chi connectivity index (χ1v) is 12.8. The summed E-state index contributed by atoms with van der Waals surface area (Å²) in [6.45, 7) is 3.79. The number of hydrogen-bond acceptors (Lipinski definition) is 4. The van der Waals surface area contributed by atoms with Crippen LogP contribution < -0.4 is 10.7 Å². The molecule has 1 heterocycles. The maximum Gasteiger partial charge on any atom is 0.253 e. The fourth-order valence-electron chi connectivity index (χ4n) is 4.87. The van der Waals surface area contributed by atoms with Crippen LogP contribution >= 0.6 is 11.8 Å². The molecule has 3 aromatic carbocycles. The Morgan fingerprint density at radius 2 is 1.89 bits per heavy atom. The minimum atomic E-state index is -0.255. The quantitative estimate of drug-likeness (QED) is 0.177. The second kappa shape index (κ2) is 10.1. The SMILES string of the molecule is C/C(=N/NC(=O)[C@H](C)Sc1ccccc1)c1ccc2c(c1)[C@@H]1C=CC[C@@H]1[C@H](c1ccc(F)cc1)N2. The summed E-state index contributed by atoms with van der Waals surface area (Å²) in [7, 11) is 0. The lowest BCUT2D eigenvalue weighted by Gasteiger charge is -2.37. The Hall–Kier alpha value is -3.38. The first-order chi connectivity index (χ1) is 17.0. The smallest absolute Gasteiger partial charge is 0.253 e. The molecule has 1 aliphatic heterocycles. The minimum absolute atomic E-state index is 0.126. The Morgan fingerprint density at radius 1 is 1.11 bits per heavy atom. The average molecular weight is 486 g/mol. The summed E-state index contributed by atoms with van der Waals surface area (Å²) >= 11 is 1.51. The molecule has 1 amide bonds. The van der Waals surface area contributed by atoms with Gasteiger partial charge in [0.25, 0.3) is 5.91 Å². The van der Waals surface area contributed by atoms with Gasteiger partial charge in [0.2, 0.25) is 0 Å².